The van der Waals surface area contributed by atoms with Crippen LogP contribution in [0.15, 0.2) is 0 Å². The maximum Gasteiger partial charge on any atom is 0.185 e. The summed E-state index contributed by atoms with van der Waals surface area (Å²) in [6.45, 7) is 5.89. The fourth-order valence-electron chi connectivity index (χ4n) is 2.85. The Morgan fingerprint density at radius 3 is 3.00 bits per heavy atom. The minimum atomic E-state index is 0.461. The fourth-order valence-corrected chi connectivity index (χ4v) is 4.00. The molecule has 1 aromatic heterocycles. The van der Waals surface area contributed by atoms with Crippen LogP contribution in [-0.2, 0) is 11.2 Å². The van der Waals surface area contributed by atoms with Gasteiger partial charge in [0.25, 0.3) is 0 Å². The van der Waals surface area contributed by atoms with Crippen LogP contribution in [0.2, 0.25) is 0 Å². The second kappa shape index (κ2) is 7.07. The van der Waals surface area contributed by atoms with Crippen LogP contribution in [0.5, 0.6) is 0 Å². The molecule has 0 saturated heterocycles. The number of thiazole rings is 1. The second-order valence-corrected chi connectivity index (χ2v) is 7.31. The molecule has 21 heavy (non-hydrogen) atoms. The zero-order valence-electron chi connectivity index (χ0n) is 13.2. The maximum absolute atomic E-state index is 5.73. The molecule has 0 bridgehead atoms. The van der Waals surface area contributed by atoms with Crippen LogP contribution >= 0.6 is 11.3 Å². The third-order valence-corrected chi connectivity index (χ3v) is 5.59. The highest BCUT2D eigenvalue weighted by Crippen LogP contribution is 2.36. The predicted molar refractivity (Wildman–Crippen MR) is 88.3 cm³/mol. The van der Waals surface area contributed by atoms with Crippen LogP contribution in [0.25, 0.3) is 0 Å². The van der Waals surface area contributed by atoms with Gasteiger partial charge in [-0.25, -0.2) is 4.98 Å². The lowest BCUT2D eigenvalue weighted by molar-refractivity contribution is 0.131. The van der Waals surface area contributed by atoms with Crippen LogP contribution in [0.4, 0.5) is 5.13 Å². The first-order chi connectivity index (χ1) is 10.3. The number of nitrogens with zero attached hydrogens (tertiary/aromatic N) is 2. The first kappa shape index (κ1) is 15.3. The average Bonchev–Trinajstić information content (AvgIpc) is 3.20. The molecule has 0 aliphatic heterocycles. The van der Waals surface area contributed by atoms with Gasteiger partial charge in [0.05, 0.1) is 18.3 Å². The predicted octanol–water partition coefficient (Wildman–Crippen LogP) is 2.99. The van der Waals surface area contributed by atoms with Gasteiger partial charge in [0.15, 0.2) is 5.13 Å². The number of hydrogen-bond acceptors (Lipinski definition) is 5. The zero-order valence-corrected chi connectivity index (χ0v) is 14.0. The van der Waals surface area contributed by atoms with Crippen LogP contribution in [0.1, 0.15) is 49.2 Å². The number of fused-ring (bicyclic) bond motifs is 1. The van der Waals surface area contributed by atoms with Gasteiger partial charge in [-0.05, 0) is 44.6 Å². The summed E-state index contributed by atoms with van der Waals surface area (Å²) >= 11 is 1.87. The molecule has 1 N–H and O–H groups in total. The normalized spacial score (nSPS) is 21.3. The average molecular weight is 309 g/mol. The highest BCUT2D eigenvalue weighted by atomic mass is 32.1. The number of hydrogen-bond donors (Lipinski definition) is 1. The van der Waals surface area contributed by atoms with E-state index < -0.39 is 0 Å². The highest BCUT2D eigenvalue weighted by Gasteiger charge is 2.25. The largest absolute Gasteiger partial charge is 0.379 e. The molecule has 0 aromatic carbocycles. The molecule has 4 nitrogen and oxygen atoms in total. The highest BCUT2D eigenvalue weighted by molar-refractivity contribution is 7.15. The Bertz CT molecular complexity index is 458. The minimum Gasteiger partial charge on any atom is -0.379 e. The molecule has 0 radical (unpaired) electrons. The van der Waals surface area contributed by atoms with E-state index in [1.165, 1.54) is 42.7 Å². The van der Waals surface area contributed by atoms with Crippen LogP contribution in [0.3, 0.4) is 0 Å². The number of anilines is 1. The third-order valence-electron chi connectivity index (χ3n) is 4.34. The van der Waals surface area contributed by atoms with Crippen molar-refractivity contribution >= 4 is 16.5 Å². The van der Waals surface area contributed by atoms with E-state index in [0.29, 0.717) is 6.04 Å². The van der Waals surface area contributed by atoms with E-state index in [1.54, 1.807) is 0 Å². The summed E-state index contributed by atoms with van der Waals surface area (Å²) < 4.78 is 5.73. The van der Waals surface area contributed by atoms with Crippen LogP contribution in [0, 0.1) is 5.92 Å². The third kappa shape index (κ3) is 3.96. The standard InChI is InChI=1S/C16H27N3OS/c1-3-17-13-5-4-6-14-15(13)18-16(21-14)19(2)9-10-20-11-12-7-8-12/h12-13,17H,3-11H2,1-2H3. The summed E-state index contributed by atoms with van der Waals surface area (Å²) in [5.41, 5.74) is 1.30. The van der Waals surface area contributed by atoms with Crippen molar-refractivity contribution in [1.29, 1.82) is 0 Å². The summed E-state index contributed by atoms with van der Waals surface area (Å²) in [6, 6.07) is 0.461. The lowest BCUT2D eigenvalue weighted by Gasteiger charge is -2.21. The van der Waals surface area contributed by atoms with E-state index in [1.807, 2.05) is 11.3 Å². The summed E-state index contributed by atoms with van der Waals surface area (Å²) in [5, 5.41) is 4.72. The molecule has 2 aliphatic rings. The van der Waals surface area contributed by atoms with Gasteiger partial charge in [-0.1, -0.05) is 6.92 Å². The van der Waals surface area contributed by atoms with Crippen molar-refractivity contribution in [3.05, 3.63) is 10.6 Å². The molecule has 3 rings (SSSR count). The van der Waals surface area contributed by atoms with Gasteiger partial charge in [-0.15, -0.1) is 11.3 Å². The van der Waals surface area contributed by atoms with E-state index in [0.717, 1.165) is 37.4 Å². The molecule has 2 aliphatic carbocycles. The van der Waals surface area contributed by atoms with E-state index >= 15 is 0 Å². The lowest BCUT2D eigenvalue weighted by Crippen LogP contribution is -2.25. The Hall–Kier alpha value is -0.650. The summed E-state index contributed by atoms with van der Waals surface area (Å²) in [4.78, 5) is 8.63. The first-order valence-electron chi connectivity index (χ1n) is 8.29. The van der Waals surface area contributed by atoms with Crippen molar-refractivity contribution in [3.8, 4) is 0 Å². The maximum atomic E-state index is 5.73. The zero-order chi connectivity index (χ0) is 14.7. The van der Waals surface area contributed by atoms with Gasteiger partial charge >= 0.3 is 0 Å². The first-order valence-corrected chi connectivity index (χ1v) is 9.11. The summed E-state index contributed by atoms with van der Waals surface area (Å²) in [7, 11) is 2.13. The number of aromatic nitrogens is 1. The molecular formula is C16H27N3OS. The van der Waals surface area contributed by atoms with Crippen molar-refractivity contribution < 1.29 is 4.74 Å². The van der Waals surface area contributed by atoms with Gasteiger partial charge < -0.3 is 15.0 Å². The Kier molecular flexibility index (Phi) is 5.14. The molecule has 5 heteroatoms. The molecule has 1 fully saturated rings. The fraction of sp³-hybridized carbons (Fsp3) is 0.812. The van der Waals surface area contributed by atoms with E-state index in [2.05, 4.69) is 24.2 Å². The number of nitrogens with one attached hydrogen (secondary N) is 1. The van der Waals surface area contributed by atoms with Crippen molar-refractivity contribution in [1.82, 2.24) is 10.3 Å². The van der Waals surface area contributed by atoms with Crippen LogP contribution in [-0.4, -0.2) is 38.3 Å². The van der Waals surface area contributed by atoms with Crippen molar-refractivity contribution in [3.63, 3.8) is 0 Å². The van der Waals surface area contributed by atoms with Gasteiger partial charge in [-0.3, -0.25) is 0 Å². The molecule has 0 amide bonds. The van der Waals surface area contributed by atoms with Crippen molar-refractivity contribution in [2.24, 2.45) is 5.92 Å². The molecule has 1 atom stereocenters. The number of aryl methyl sites for hydroxylation is 1. The molecule has 118 valence electrons. The van der Waals surface area contributed by atoms with Crippen LogP contribution < -0.4 is 10.2 Å². The monoisotopic (exact) mass is 309 g/mol. The van der Waals surface area contributed by atoms with E-state index in [9.17, 15) is 0 Å². The smallest absolute Gasteiger partial charge is 0.185 e. The van der Waals surface area contributed by atoms with Gasteiger partial charge in [-0.2, -0.15) is 0 Å². The Labute approximate surface area is 131 Å². The Balaban J connectivity index is 1.54. The minimum absolute atomic E-state index is 0.461. The second-order valence-electron chi connectivity index (χ2n) is 6.25. The Morgan fingerprint density at radius 1 is 1.38 bits per heavy atom. The molecule has 1 aromatic rings. The molecule has 1 saturated carbocycles. The van der Waals surface area contributed by atoms with Crippen molar-refractivity contribution in [2.45, 2.75) is 45.1 Å². The molecule has 1 unspecified atom stereocenters. The number of likely N-dealkylation sites (N-methyl/N-ethyl adjacent to an activating group) is 1. The SMILES string of the molecule is CCNC1CCCc2sc(N(C)CCOCC3CC3)nc21. The molecule has 0 spiro atoms. The van der Waals surface area contributed by atoms with Gasteiger partial charge in [0.2, 0.25) is 0 Å². The summed E-state index contributed by atoms with van der Waals surface area (Å²) in [5.74, 6) is 0.850. The van der Waals surface area contributed by atoms with E-state index in [4.69, 9.17) is 9.72 Å². The number of ether oxygens (including phenoxy) is 1. The van der Waals surface area contributed by atoms with Gasteiger partial charge in [0.1, 0.15) is 0 Å². The molecular weight excluding hydrogens is 282 g/mol. The summed E-state index contributed by atoms with van der Waals surface area (Å²) in [6.07, 6.45) is 6.42. The number of rotatable bonds is 8. The molecule has 1 heterocycles. The topological polar surface area (TPSA) is 37.4 Å². The van der Waals surface area contributed by atoms with Gasteiger partial charge in [0, 0.05) is 25.1 Å². The Morgan fingerprint density at radius 2 is 2.24 bits per heavy atom. The lowest BCUT2D eigenvalue weighted by atomic mass is 9.98. The van der Waals surface area contributed by atoms with E-state index in [-0.39, 0.29) is 0 Å². The quantitative estimate of drug-likeness (QED) is 0.749. The van der Waals surface area contributed by atoms with Crippen molar-refractivity contribution in [2.75, 3.05) is 38.3 Å².